The number of nitrogens with zero attached hydrogens (tertiary/aromatic N) is 2. The van der Waals surface area contributed by atoms with E-state index in [1.807, 2.05) is 0 Å². The summed E-state index contributed by atoms with van der Waals surface area (Å²) in [7, 11) is 1.70. The fourth-order valence-electron chi connectivity index (χ4n) is 1.36. The second-order valence-electron chi connectivity index (χ2n) is 3.41. The molecule has 0 fully saturated rings. The number of hydrogen-bond acceptors (Lipinski definition) is 4. The van der Waals surface area contributed by atoms with E-state index in [9.17, 15) is 0 Å². The molecule has 1 aromatic rings. The maximum absolute atomic E-state index is 8.60. The van der Waals surface area contributed by atoms with Crippen molar-refractivity contribution in [1.29, 1.82) is 5.26 Å². The maximum atomic E-state index is 8.60. The number of methoxy groups -OCH3 is 1. The van der Waals surface area contributed by atoms with Crippen molar-refractivity contribution >= 4 is 27.3 Å². The van der Waals surface area contributed by atoms with Crippen molar-refractivity contribution in [2.75, 3.05) is 26.8 Å². The summed E-state index contributed by atoms with van der Waals surface area (Å²) in [5.41, 5.74) is 0. The van der Waals surface area contributed by atoms with E-state index in [0.717, 1.165) is 24.1 Å². The quantitative estimate of drug-likeness (QED) is 0.777. The summed E-state index contributed by atoms with van der Waals surface area (Å²) in [4.78, 5) is 3.55. The van der Waals surface area contributed by atoms with Gasteiger partial charge in [-0.2, -0.15) is 5.26 Å². The lowest BCUT2D eigenvalue weighted by Gasteiger charge is -2.19. The molecule has 3 nitrogen and oxygen atoms in total. The first-order chi connectivity index (χ1) is 7.76. The molecular formula is C11H15BrN2OS. The van der Waals surface area contributed by atoms with Gasteiger partial charge in [0.25, 0.3) is 0 Å². The van der Waals surface area contributed by atoms with E-state index in [0.29, 0.717) is 13.0 Å². The van der Waals surface area contributed by atoms with Gasteiger partial charge in [0.15, 0.2) is 0 Å². The fourth-order valence-corrected chi connectivity index (χ4v) is 2.85. The van der Waals surface area contributed by atoms with Crippen LogP contribution in [0.15, 0.2) is 15.9 Å². The number of thiophene rings is 1. The molecule has 5 heteroatoms. The Morgan fingerprint density at radius 1 is 1.56 bits per heavy atom. The molecule has 0 aromatic carbocycles. The van der Waals surface area contributed by atoms with E-state index in [1.165, 1.54) is 4.88 Å². The second kappa shape index (κ2) is 7.80. The van der Waals surface area contributed by atoms with Crippen LogP contribution in [0.4, 0.5) is 0 Å². The van der Waals surface area contributed by atoms with Crippen molar-refractivity contribution in [1.82, 2.24) is 4.90 Å². The zero-order valence-corrected chi connectivity index (χ0v) is 11.7. The lowest BCUT2D eigenvalue weighted by Crippen LogP contribution is -2.27. The molecule has 0 N–H and O–H groups in total. The Morgan fingerprint density at radius 3 is 2.94 bits per heavy atom. The average molecular weight is 303 g/mol. The predicted octanol–water partition coefficient (Wildman–Crippen LogP) is 2.87. The highest BCUT2D eigenvalue weighted by molar-refractivity contribution is 9.10. The summed E-state index contributed by atoms with van der Waals surface area (Å²) >= 11 is 5.17. The van der Waals surface area contributed by atoms with Gasteiger partial charge in [0.1, 0.15) is 0 Å². The van der Waals surface area contributed by atoms with Crippen LogP contribution in [0.5, 0.6) is 0 Å². The first kappa shape index (κ1) is 13.7. The van der Waals surface area contributed by atoms with Crippen molar-refractivity contribution < 1.29 is 4.74 Å². The molecule has 1 heterocycles. The Balaban J connectivity index is 2.45. The van der Waals surface area contributed by atoms with E-state index < -0.39 is 0 Å². The molecular weight excluding hydrogens is 288 g/mol. The molecule has 0 aliphatic rings. The molecule has 0 aliphatic carbocycles. The Morgan fingerprint density at radius 2 is 2.38 bits per heavy atom. The first-order valence-electron chi connectivity index (χ1n) is 5.07. The van der Waals surface area contributed by atoms with Crippen LogP contribution >= 0.6 is 27.3 Å². The van der Waals surface area contributed by atoms with E-state index >= 15 is 0 Å². The third-order valence-corrected chi connectivity index (χ3v) is 3.84. The molecule has 16 heavy (non-hydrogen) atoms. The van der Waals surface area contributed by atoms with Crippen LogP contribution in [0.2, 0.25) is 0 Å². The molecule has 0 unspecified atom stereocenters. The first-order valence-corrected chi connectivity index (χ1v) is 6.74. The molecule has 0 spiro atoms. The molecule has 0 bridgehead atoms. The highest BCUT2D eigenvalue weighted by Gasteiger charge is 2.07. The number of halogens is 1. The van der Waals surface area contributed by atoms with Gasteiger partial charge < -0.3 is 4.74 Å². The molecule has 1 aromatic heterocycles. The van der Waals surface area contributed by atoms with Crippen LogP contribution < -0.4 is 0 Å². The fraction of sp³-hybridized carbons (Fsp3) is 0.545. The molecule has 88 valence electrons. The van der Waals surface area contributed by atoms with Gasteiger partial charge in [-0.25, -0.2) is 0 Å². The van der Waals surface area contributed by atoms with Gasteiger partial charge >= 0.3 is 0 Å². The molecule has 1 rings (SSSR count). The van der Waals surface area contributed by atoms with Crippen LogP contribution in [0.1, 0.15) is 11.3 Å². The zero-order valence-electron chi connectivity index (χ0n) is 9.28. The number of hydrogen-bond donors (Lipinski definition) is 0. The molecule has 0 saturated carbocycles. The van der Waals surface area contributed by atoms with E-state index in [4.69, 9.17) is 10.00 Å². The SMILES string of the molecule is COCCN(CCC#N)Cc1cc(Br)cs1. The maximum Gasteiger partial charge on any atom is 0.0635 e. The van der Waals surface area contributed by atoms with Crippen LogP contribution in [-0.2, 0) is 11.3 Å². The Labute approximate surface area is 109 Å². The van der Waals surface area contributed by atoms with E-state index in [2.05, 4.69) is 38.3 Å². The molecule has 0 aliphatic heterocycles. The van der Waals surface area contributed by atoms with Gasteiger partial charge in [0.05, 0.1) is 12.7 Å². The minimum absolute atomic E-state index is 0.566. The highest BCUT2D eigenvalue weighted by Crippen LogP contribution is 2.21. The van der Waals surface area contributed by atoms with Crippen molar-refractivity contribution in [2.24, 2.45) is 0 Å². The molecule has 0 saturated heterocycles. The van der Waals surface area contributed by atoms with E-state index in [1.54, 1.807) is 18.4 Å². The van der Waals surface area contributed by atoms with Crippen LogP contribution in [0.25, 0.3) is 0 Å². The molecule has 0 atom stereocenters. The van der Waals surface area contributed by atoms with Crippen LogP contribution in [0, 0.1) is 11.3 Å². The smallest absolute Gasteiger partial charge is 0.0635 e. The van der Waals surface area contributed by atoms with Crippen molar-refractivity contribution in [3.05, 3.63) is 20.8 Å². The standard InChI is InChI=1S/C11H15BrN2OS/c1-15-6-5-14(4-2-3-13)8-11-7-10(12)9-16-11/h7,9H,2,4-6,8H2,1H3. The van der Waals surface area contributed by atoms with Crippen molar-refractivity contribution in [3.8, 4) is 6.07 Å². The zero-order chi connectivity index (χ0) is 11.8. The van der Waals surface area contributed by atoms with E-state index in [-0.39, 0.29) is 0 Å². The number of ether oxygens (including phenoxy) is 1. The monoisotopic (exact) mass is 302 g/mol. The summed E-state index contributed by atoms with van der Waals surface area (Å²) in [6.07, 6.45) is 0.566. The lowest BCUT2D eigenvalue weighted by molar-refractivity contribution is 0.146. The van der Waals surface area contributed by atoms with Gasteiger partial charge in [-0.3, -0.25) is 4.90 Å². The Bertz CT molecular complexity index is 348. The summed E-state index contributed by atoms with van der Waals surface area (Å²) in [5, 5.41) is 10.7. The summed E-state index contributed by atoms with van der Waals surface area (Å²) in [6, 6.07) is 4.30. The topological polar surface area (TPSA) is 36.3 Å². The summed E-state index contributed by atoms with van der Waals surface area (Å²) < 4.78 is 6.19. The van der Waals surface area contributed by atoms with Gasteiger partial charge in [0, 0.05) is 47.9 Å². The minimum atomic E-state index is 0.566. The Kier molecular flexibility index (Phi) is 6.65. The molecule has 0 radical (unpaired) electrons. The largest absolute Gasteiger partial charge is 0.383 e. The van der Waals surface area contributed by atoms with Crippen LogP contribution in [0.3, 0.4) is 0 Å². The predicted molar refractivity (Wildman–Crippen MR) is 69.4 cm³/mol. The Hall–Kier alpha value is -0.410. The highest BCUT2D eigenvalue weighted by atomic mass is 79.9. The van der Waals surface area contributed by atoms with Gasteiger partial charge in [-0.15, -0.1) is 11.3 Å². The van der Waals surface area contributed by atoms with Crippen molar-refractivity contribution in [2.45, 2.75) is 13.0 Å². The number of rotatable bonds is 7. The van der Waals surface area contributed by atoms with Gasteiger partial charge in [-0.05, 0) is 22.0 Å². The summed E-state index contributed by atoms with van der Waals surface area (Å²) in [5.74, 6) is 0. The summed E-state index contributed by atoms with van der Waals surface area (Å²) in [6.45, 7) is 3.27. The second-order valence-corrected chi connectivity index (χ2v) is 5.32. The van der Waals surface area contributed by atoms with Crippen molar-refractivity contribution in [3.63, 3.8) is 0 Å². The third kappa shape index (κ3) is 5.08. The van der Waals surface area contributed by atoms with Gasteiger partial charge in [-0.1, -0.05) is 0 Å². The van der Waals surface area contributed by atoms with Crippen LogP contribution in [-0.4, -0.2) is 31.7 Å². The van der Waals surface area contributed by atoms with Gasteiger partial charge in [0.2, 0.25) is 0 Å². The lowest BCUT2D eigenvalue weighted by atomic mass is 10.3. The number of nitriles is 1. The third-order valence-electron chi connectivity index (χ3n) is 2.15. The minimum Gasteiger partial charge on any atom is -0.383 e. The molecule has 0 amide bonds. The normalized spacial score (nSPS) is 10.6. The average Bonchev–Trinajstić information content (AvgIpc) is 2.68.